The molecule has 0 heterocycles. The Bertz CT molecular complexity index is 730. The molecule has 0 aliphatic heterocycles. The van der Waals surface area contributed by atoms with Crippen molar-refractivity contribution >= 4 is 5.92 Å². The first-order valence-electron chi connectivity index (χ1n) is 15.4. The van der Waals surface area contributed by atoms with Gasteiger partial charge < -0.3 is 24.8 Å². The number of hydrogen-bond donors (Lipinski definition) is 0. The Hall–Kier alpha value is 0.640. The van der Waals surface area contributed by atoms with Crippen molar-refractivity contribution in [2.24, 2.45) is 0 Å². The van der Waals surface area contributed by atoms with Gasteiger partial charge in [0.25, 0.3) is 0 Å². The number of allylic oxidation sites excluding steroid dienone is 8. The smallest absolute Gasteiger partial charge is 1.00 e. The van der Waals surface area contributed by atoms with Crippen LogP contribution >= 0.6 is 0 Å². The van der Waals surface area contributed by atoms with Crippen molar-refractivity contribution in [3.8, 4) is 0 Å². The van der Waals surface area contributed by atoms with E-state index in [9.17, 15) is 0 Å². The molecule has 4 aliphatic rings. The van der Waals surface area contributed by atoms with E-state index in [1.54, 1.807) is 0 Å². The van der Waals surface area contributed by atoms with Gasteiger partial charge in [-0.1, -0.05) is 0 Å². The summed E-state index contributed by atoms with van der Waals surface area (Å²) in [6.07, 6.45) is 37.6. The summed E-state index contributed by atoms with van der Waals surface area (Å²) in [6, 6.07) is 0. The summed E-state index contributed by atoms with van der Waals surface area (Å²) in [5, 5.41) is 0. The van der Waals surface area contributed by atoms with Crippen LogP contribution in [0.5, 0.6) is 0 Å². The SMILES string of the molecule is C[SiH](C)[Zr+2]([C]1=CC2=C(CCCCCCCCCC2)C1)[C]1=CC2=C(CCCCCCCCCC2)C1.[Cl-].[Cl-]. The van der Waals surface area contributed by atoms with E-state index in [-0.39, 0.29) is 24.8 Å². The molecule has 0 aromatic carbocycles. The average Bonchev–Trinajstić information content (AvgIpc) is 3.37. The Morgan fingerprint density at radius 3 is 1.11 bits per heavy atom. The van der Waals surface area contributed by atoms with Crippen molar-refractivity contribution in [2.75, 3.05) is 0 Å². The molecular weight excluding hydrogens is 575 g/mol. The van der Waals surface area contributed by atoms with E-state index in [1.165, 1.54) is 141 Å². The van der Waals surface area contributed by atoms with Crippen molar-refractivity contribution in [2.45, 2.75) is 154 Å². The Labute approximate surface area is 245 Å². The van der Waals surface area contributed by atoms with Crippen LogP contribution in [0.3, 0.4) is 0 Å². The van der Waals surface area contributed by atoms with Crippen LogP contribution < -0.4 is 24.8 Å². The molecule has 0 spiro atoms. The third kappa shape index (κ3) is 9.99. The standard InChI is InChI=1S/2C15H23.C2H7Si.2ClH.Zr/c2*1-2-4-6-8-11-15-13-9-12-14(15)10-7-5-3-1;1-3-2;;;/h2*12H,1-8,10-11,13H2;3H,1-2H3;2*1H;/q;;;;;+2/p-2. The number of hydrogen-bond acceptors (Lipinski definition) is 0. The molecule has 4 heteroatoms. The minimum atomic E-state index is -1.65. The molecule has 0 aromatic rings. The molecule has 0 radical (unpaired) electrons. The van der Waals surface area contributed by atoms with Crippen molar-refractivity contribution in [3.05, 3.63) is 41.0 Å². The predicted molar refractivity (Wildman–Crippen MR) is 151 cm³/mol. The zero-order chi connectivity index (χ0) is 23.6. The minimum Gasteiger partial charge on any atom is -1.00 e. The first-order chi connectivity index (χ1) is 16.7. The monoisotopic (exact) mass is 625 g/mol. The molecule has 0 fully saturated rings. The van der Waals surface area contributed by atoms with Crippen molar-refractivity contribution < 1.29 is 45.7 Å². The molecule has 4 aliphatic carbocycles. The van der Waals surface area contributed by atoms with Gasteiger partial charge in [-0.3, -0.25) is 0 Å². The normalized spacial score (nSPS) is 23.0. The third-order valence-corrected chi connectivity index (χ3v) is 28.1. The molecule has 0 aromatic heterocycles. The second-order valence-electron chi connectivity index (χ2n) is 12.2. The molecule has 0 nitrogen and oxygen atoms in total. The molecule has 0 saturated carbocycles. The van der Waals surface area contributed by atoms with Crippen molar-refractivity contribution in [1.29, 1.82) is 0 Å². The Balaban J connectivity index is 0.00000228. The summed E-state index contributed by atoms with van der Waals surface area (Å²) in [7, 11) is 0. The van der Waals surface area contributed by atoms with Crippen LogP contribution in [0.1, 0.15) is 141 Å². The Morgan fingerprint density at radius 1 is 0.472 bits per heavy atom. The van der Waals surface area contributed by atoms with Gasteiger partial charge in [-0.15, -0.1) is 0 Å². The zero-order valence-corrected chi connectivity index (χ0v) is 28.7. The van der Waals surface area contributed by atoms with Crippen molar-refractivity contribution in [1.82, 2.24) is 0 Å². The molecule has 0 unspecified atom stereocenters. The molecular formula is C32H53Cl2SiZr. The maximum Gasteiger partial charge on any atom is -1.00 e. The number of halogens is 2. The molecule has 0 saturated heterocycles. The first kappa shape index (κ1) is 32.8. The van der Waals surface area contributed by atoms with E-state index in [4.69, 9.17) is 0 Å². The van der Waals surface area contributed by atoms with Crippen LogP contribution in [-0.2, 0) is 20.9 Å². The Morgan fingerprint density at radius 2 is 0.778 bits per heavy atom. The molecule has 0 N–H and O–H groups in total. The predicted octanol–water partition coefficient (Wildman–Crippen LogP) is 4.59. The largest absolute Gasteiger partial charge is 1.00 e. The zero-order valence-electron chi connectivity index (χ0n) is 23.5. The summed E-state index contributed by atoms with van der Waals surface area (Å²) >= 11 is -1.65. The minimum absolute atomic E-state index is 0. The first-order valence-corrected chi connectivity index (χ1v) is 25.0. The summed E-state index contributed by atoms with van der Waals surface area (Å²) in [5.41, 5.74) is 7.45. The molecule has 203 valence electrons. The fourth-order valence-corrected chi connectivity index (χ4v) is 26.4. The van der Waals surface area contributed by atoms with E-state index in [2.05, 4.69) is 25.2 Å². The molecule has 0 bridgehead atoms. The number of rotatable bonds is 3. The van der Waals surface area contributed by atoms with Gasteiger partial charge in [0.05, 0.1) is 0 Å². The quantitative estimate of drug-likeness (QED) is 0.402. The van der Waals surface area contributed by atoms with Gasteiger partial charge in [0.1, 0.15) is 0 Å². The van der Waals surface area contributed by atoms with Crippen LogP contribution in [0.25, 0.3) is 0 Å². The van der Waals surface area contributed by atoms with E-state index in [0.717, 1.165) is 0 Å². The summed E-state index contributed by atoms with van der Waals surface area (Å²) in [4.78, 5) is 0. The molecule has 0 amide bonds. The Kier molecular flexibility index (Phi) is 16.5. The fourth-order valence-electron chi connectivity index (χ4n) is 7.13. The summed E-state index contributed by atoms with van der Waals surface area (Å²) < 4.78 is 4.07. The van der Waals surface area contributed by atoms with Gasteiger partial charge in [-0.25, -0.2) is 0 Å². The van der Waals surface area contributed by atoms with E-state index in [1.807, 2.05) is 28.9 Å². The maximum absolute atomic E-state index is 2.84. The molecule has 0 atom stereocenters. The van der Waals surface area contributed by atoms with E-state index >= 15 is 0 Å². The molecule has 4 rings (SSSR count). The van der Waals surface area contributed by atoms with Crippen molar-refractivity contribution in [3.63, 3.8) is 0 Å². The van der Waals surface area contributed by atoms with Gasteiger partial charge >= 0.3 is 222 Å². The summed E-state index contributed by atoms with van der Waals surface area (Å²) in [5.74, 6) is -0.607. The second kappa shape index (κ2) is 18.1. The summed E-state index contributed by atoms with van der Waals surface area (Å²) in [6.45, 7) is 5.44. The van der Waals surface area contributed by atoms with Crippen LogP contribution in [0.15, 0.2) is 41.0 Å². The van der Waals surface area contributed by atoms with Crippen LogP contribution in [0.4, 0.5) is 0 Å². The molecule has 36 heavy (non-hydrogen) atoms. The van der Waals surface area contributed by atoms with Gasteiger partial charge in [-0.2, -0.15) is 0 Å². The van der Waals surface area contributed by atoms with Gasteiger partial charge in [0.2, 0.25) is 0 Å². The van der Waals surface area contributed by atoms with Crippen LogP contribution in [0.2, 0.25) is 13.1 Å². The second-order valence-corrected chi connectivity index (χ2v) is 31.6. The van der Waals surface area contributed by atoms with E-state index < -0.39 is 26.8 Å². The topological polar surface area (TPSA) is 0 Å². The van der Waals surface area contributed by atoms with Crippen LogP contribution in [0, 0.1) is 0 Å². The fraction of sp³-hybridized carbons (Fsp3) is 0.750. The van der Waals surface area contributed by atoms with E-state index in [0.29, 0.717) is 0 Å². The maximum atomic E-state index is 2.84. The average molecular weight is 628 g/mol. The third-order valence-electron chi connectivity index (χ3n) is 9.03. The van der Waals surface area contributed by atoms with Gasteiger partial charge in [0.15, 0.2) is 0 Å². The van der Waals surface area contributed by atoms with Crippen LogP contribution in [-0.4, -0.2) is 5.92 Å². The van der Waals surface area contributed by atoms with Gasteiger partial charge in [0, 0.05) is 0 Å². The van der Waals surface area contributed by atoms with Gasteiger partial charge in [-0.05, 0) is 0 Å².